The number of rotatable bonds is 4. The quantitative estimate of drug-likeness (QED) is 0.806. The zero-order valence-corrected chi connectivity index (χ0v) is 13.1. The van der Waals surface area contributed by atoms with Crippen LogP contribution in [0.25, 0.3) is 0 Å². The van der Waals surface area contributed by atoms with Crippen LogP contribution in [-0.4, -0.2) is 21.3 Å². The molecular weight excluding hydrogens is 319 g/mol. The van der Waals surface area contributed by atoms with Crippen molar-refractivity contribution in [2.75, 3.05) is 6.61 Å². The molecule has 4 nitrogen and oxygen atoms in total. The van der Waals surface area contributed by atoms with Crippen LogP contribution in [0.5, 0.6) is 5.75 Å². The molecule has 0 aromatic heterocycles. The first-order valence-corrected chi connectivity index (χ1v) is 8.72. The number of hydrogen-bond acceptors (Lipinski definition) is 4. The smallest absolute Gasteiger partial charge is 0.206 e. The van der Waals surface area contributed by atoms with E-state index in [1.807, 2.05) is 0 Å². The number of halogens is 1. The van der Waals surface area contributed by atoms with Crippen molar-refractivity contribution >= 4 is 16.1 Å². The summed E-state index contributed by atoms with van der Waals surface area (Å²) in [5, 5.41) is 0. The van der Waals surface area contributed by atoms with Crippen molar-refractivity contribution in [2.45, 2.75) is 28.6 Å². The van der Waals surface area contributed by atoms with Gasteiger partial charge in [-0.15, -0.1) is 0 Å². The fourth-order valence-electron chi connectivity index (χ4n) is 2.74. The Balaban J connectivity index is 2.03. The van der Waals surface area contributed by atoms with Crippen LogP contribution in [0.15, 0.2) is 52.3 Å². The summed E-state index contributed by atoms with van der Waals surface area (Å²) in [6, 6.07) is 9.50. The van der Waals surface area contributed by atoms with Crippen LogP contribution in [0.3, 0.4) is 0 Å². The number of aldehydes is 1. The van der Waals surface area contributed by atoms with Gasteiger partial charge in [0.2, 0.25) is 9.84 Å². The third-order valence-corrected chi connectivity index (χ3v) is 5.70. The normalized spacial score (nSPS) is 17.2. The van der Waals surface area contributed by atoms with Gasteiger partial charge in [0, 0.05) is 6.42 Å². The average Bonchev–Trinajstić information content (AvgIpc) is 2.55. The Morgan fingerprint density at radius 3 is 2.70 bits per heavy atom. The Morgan fingerprint density at radius 1 is 1.17 bits per heavy atom. The summed E-state index contributed by atoms with van der Waals surface area (Å²) in [6.07, 6.45) is 1.96. The molecule has 120 valence electrons. The molecule has 2 aromatic carbocycles. The van der Waals surface area contributed by atoms with Gasteiger partial charge in [-0.05, 0) is 48.2 Å². The zero-order chi connectivity index (χ0) is 16.4. The molecular formula is C17H15FO4S. The van der Waals surface area contributed by atoms with Crippen molar-refractivity contribution < 1.29 is 22.3 Å². The largest absolute Gasteiger partial charge is 0.493 e. The Bertz CT molecular complexity index is 845. The Hall–Kier alpha value is -2.21. The molecule has 0 N–H and O–H groups in total. The molecule has 1 atom stereocenters. The number of fused-ring (bicyclic) bond motifs is 1. The van der Waals surface area contributed by atoms with Gasteiger partial charge < -0.3 is 9.53 Å². The van der Waals surface area contributed by atoms with Crippen molar-refractivity contribution in [2.24, 2.45) is 0 Å². The molecule has 0 bridgehead atoms. The standard InChI is InChI=1S/C17H15FO4S/c18-13-2-1-3-14(10-13)23(20,21)15-4-5-16-12(6-8-19)7-9-22-17(16)11-15/h1-5,8,10-12H,6-7,9H2. The van der Waals surface area contributed by atoms with E-state index in [-0.39, 0.29) is 15.7 Å². The minimum absolute atomic E-state index is 0.0437. The van der Waals surface area contributed by atoms with Crippen LogP contribution in [0.2, 0.25) is 0 Å². The lowest BCUT2D eigenvalue weighted by Gasteiger charge is -2.25. The van der Waals surface area contributed by atoms with Gasteiger partial charge in [-0.1, -0.05) is 12.1 Å². The predicted octanol–water partition coefficient (Wildman–Crippen LogP) is 3.11. The van der Waals surface area contributed by atoms with E-state index < -0.39 is 15.7 Å². The highest BCUT2D eigenvalue weighted by Crippen LogP contribution is 2.37. The fourth-order valence-corrected chi connectivity index (χ4v) is 4.05. The molecule has 0 saturated carbocycles. The number of carbonyl (C=O) groups excluding carboxylic acids is 1. The molecule has 2 aromatic rings. The number of benzene rings is 2. The minimum Gasteiger partial charge on any atom is -0.493 e. The maximum absolute atomic E-state index is 13.3. The van der Waals surface area contributed by atoms with E-state index in [1.165, 1.54) is 30.3 Å². The number of ether oxygens (including phenoxy) is 1. The lowest BCUT2D eigenvalue weighted by Crippen LogP contribution is -2.15. The van der Waals surface area contributed by atoms with Gasteiger partial charge >= 0.3 is 0 Å². The highest BCUT2D eigenvalue weighted by Gasteiger charge is 2.25. The number of carbonyl (C=O) groups is 1. The molecule has 0 fully saturated rings. The second-order valence-electron chi connectivity index (χ2n) is 5.40. The van der Waals surface area contributed by atoms with Crippen molar-refractivity contribution in [1.29, 1.82) is 0 Å². The van der Waals surface area contributed by atoms with Crippen LogP contribution in [0.4, 0.5) is 4.39 Å². The third kappa shape index (κ3) is 2.99. The summed E-state index contributed by atoms with van der Waals surface area (Å²) in [7, 11) is -3.81. The second-order valence-corrected chi connectivity index (χ2v) is 7.35. The molecule has 0 aliphatic carbocycles. The van der Waals surface area contributed by atoms with E-state index in [1.54, 1.807) is 6.07 Å². The van der Waals surface area contributed by atoms with Gasteiger partial charge in [-0.25, -0.2) is 12.8 Å². The van der Waals surface area contributed by atoms with E-state index in [0.29, 0.717) is 18.8 Å². The predicted molar refractivity (Wildman–Crippen MR) is 81.8 cm³/mol. The maximum Gasteiger partial charge on any atom is 0.206 e. The molecule has 0 spiro atoms. The SMILES string of the molecule is O=CCC1CCOc2cc(S(=O)(=O)c3cccc(F)c3)ccc21. The van der Waals surface area contributed by atoms with Crippen molar-refractivity contribution in [1.82, 2.24) is 0 Å². The van der Waals surface area contributed by atoms with Gasteiger partial charge in [0.25, 0.3) is 0 Å². The van der Waals surface area contributed by atoms with Gasteiger partial charge in [0.05, 0.1) is 16.4 Å². The molecule has 6 heteroatoms. The Morgan fingerprint density at radius 2 is 1.96 bits per heavy atom. The van der Waals surface area contributed by atoms with Gasteiger partial charge in [0.15, 0.2) is 0 Å². The average molecular weight is 334 g/mol. The lowest BCUT2D eigenvalue weighted by atomic mass is 9.91. The van der Waals surface area contributed by atoms with Crippen LogP contribution in [0, 0.1) is 5.82 Å². The summed E-state index contributed by atoms with van der Waals surface area (Å²) in [4.78, 5) is 10.7. The first kappa shape index (κ1) is 15.7. The molecule has 0 amide bonds. The van der Waals surface area contributed by atoms with E-state index in [4.69, 9.17) is 4.74 Å². The van der Waals surface area contributed by atoms with Gasteiger partial charge in [0.1, 0.15) is 17.9 Å². The van der Waals surface area contributed by atoms with Gasteiger partial charge in [-0.2, -0.15) is 0 Å². The molecule has 1 heterocycles. The van der Waals surface area contributed by atoms with Crippen LogP contribution < -0.4 is 4.74 Å². The summed E-state index contributed by atoms with van der Waals surface area (Å²) in [5.41, 5.74) is 0.835. The van der Waals surface area contributed by atoms with E-state index >= 15 is 0 Å². The highest BCUT2D eigenvalue weighted by atomic mass is 32.2. The summed E-state index contributed by atoms with van der Waals surface area (Å²) in [5.74, 6) is -0.0888. The summed E-state index contributed by atoms with van der Waals surface area (Å²) < 4.78 is 44.0. The van der Waals surface area contributed by atoms with Crippen molar-refractivity contribution in [3.8, 4) is 5.75 Å². The Labute approximate surface area is 133 Å². The van der Waals surface area contributed by atoms with Crippen LogP contribution in [0.1, 0.15) is 24.3 Å². The third-order valence-electron chi connectivity index (χ3n) is 3.95. The first-order chi connectivity index (χ1) is 11.0. The monoisotopic (exact) mass is 334 g/mol. The molecule has 0 saturated heterocycles. The maximum atomic E-state index is 13.3. The molecule has 0 radical (unpaired) electrons. The lowest BCUT2D eigenvalue weighted by molar-refractivity contribution is -0.108. The Kier molecular flexibility index (Phi) is 4.17. The summed E-state index contributed by atoms with van der Waals surface area (Å²) >= 11 is 0. The van der Waals surface area contributed by atoms with Crippen LogP contribution >= 0.6 is 0 Å². The van der Waals surface area contributed by atoms with Crippen molar-refractivity contribution in [3.63, 3.8) is 0 Å². The van der Waals surface area contributed by atoms with E-state index in [0.717, 1.165) is 24.3 Å². The summed E-state index contributed by atoms with van der Waals surface area (Å²) in [6.45, 7) is 0.439. The fraction of sp³-hybridized carbons (Fsp3) is 0.235. The highest BCUT2D eigenvalue weighted by molar-refractivity contribution is 7.91. The zero-order valence-electron chi connectivity index (χ0n) is 12.2. The minimum atomic E-state index is -3.81. The molecule has 1 aliphatic rings. The van der Waals surface area contributed by atoms with Crippen LogP contribution in [-0.2, 0) is 14.6 Å². The van der Waals surface area contributed by atoms with Gasteiger partial charge in [-0.3, -0.25) is 0 Å². The first-order valence-electron chi connectivity index (χ1n) is 7.23. The van der Waals surface area contributed by atoms with E-state index in [9.17, 15) is 17.6 Å². The molecule has 3 rings (SSSR count). The molecule has 1 unspecified atom stereocenters. The second kappa shape index (κ2) is 6.12. The van der Waals surface area contributed by atoms with Crippen molar-refractivity contribution in [3.05, 3.63) is 53.8 Å². The molecule has 1 aliphatic heterocycles. The number of hydrogen-bond donors (Lipinski definition) is 0. The topological polar surface area (TPSA) is 60.4 Å². The number of sulfone groups is 1. The van der Waals surface area contributed by atoms with E-state index in [2.05, 4.69) is 0 Å². The molecule has 23 heavy (non-hydrogen) atoms.